The molecule has 1 aromatic heterocycles. The van der Waals surface area contributed by atoms with Crippen LogP contribution in [0.3, 0.4) is 0 Å². The van der Waals surface area contributed by atoms with E-state index < -0.39 is 0 Å². The summed E-state index contributed by atoms with van der Waals surface area (Å²) < 4.78 is 5.17. The quantitative estimate of drug-likeness (QED) is 0.772. The molecule has 1 saturated heterocycles. The second-order valence-corrected chi connectivity index (χ2v) is 3.68. The largest absolute Gasteiger partial charge is 0.495 e. The van der Waals surface area contributed by atoms with Gasteiger partial charge in [-0.15, -0.1) is 0 Å². The lowest BCUT2D eigenvalue weighted by atomic mass is 9.91. The van der Waals surface area contributed by atoms with Gasteiger partial charge in [0.25, 0.3) is 0 Å². The van der Waals surface area contributed by atoms with Crippen LogP contribution in [0.25, 0.3) is 0 Å². The van der Waals surface area contributed by atoms with Crippen molar-refractivity contribution in [2.45, 2.75) is 18.8 Å². The van der Waals surface area contributed by atoms with E-state index in [-0.39, 0.29) is 0 Å². The van der Waals surface area contributed by atoms with Crippen LogP contribution in [0, 0.1) is 0 Å². The molecule has 0 unspecified atom stereocenters. The van der Waals surface area contributed by atoms with Crippen molar-refractivity contribution in [3.8, 4) is 5.75 Å². The molecule has 0 saturated carbocycles. The Morgan fingerprint density at radius 3 is 2.86 bits per heavy atom. The van der Waals surface area contributed by atoms with Gasteiger partial charge in [-0.25, -0.2) is 0 Å². The summed E-state index contributed by atoms with van der Waals surface area (Å²) >= 11 is 0. The highest BCUT2D eigenvalue weighted by Gasteiger charge is 2.15. The number of nitrogens with one attached hydrogen (secondary N) is 1. The summed E-state index contributed by atoms with van der Waals surface area (Å²) in [7, 11) is 1.68. The summed E-state index contributed by atoms with van der Waals surface area (Å²) in [4.78, 5) is 4.19. The van der Waals surface area contributed by atoms with E-state index in [1.165, 1.54) is 18.4 Å². The smallest absolute Gasteiger partial charge is 0.137 e. The number of rotatable bonds is 2. The zero-order valence-corrected chi connectivity index (χ0v) is 8.49. The maximum Gasteiger partial charge on any atom is 0.137 e. The third-order valence-electron chi connectivity index (χ3n) is 2.78. The third kappa shape index (κ3) is 2.04. The van der Waals surface area contributed by atoms with Crippen LogP contribution in [0.15, 0.2) is 18.5 Å². The van der Waals surface area contributed by atoms with Crippen molar-refractivity contribution in [1.29, 1.82) is 0 Å². The summed E-state index contributed by atoms with van der Waals surface area (Å²) in [5.74, 6) is 1.51. The normalized spacial score (nSPS) is 18.1. The van der Waals surface area contributed by atoms with Gasteiger partial charge in [0.1, 0.15) is 5.75 Å². The maximum atomic E-state index is 5.17. The standard InChI is InChI=1S/C11H16N2O/c1-14-11-6-10(7-13-8-11)9-2-4-12-5-3-9/h6-9,12H,2-5H2,1H3. The lowest BCUT2D eigenvalue weighted by Crippen LogP contribution is -2.26. The van der Waals surface area contributed by atoms with Crippen LogP contribution >= 0.6 is 0 Å². The number of nitrogens with zero attached hydrogens (tertiary/aromatic N) is 1. The molecule has 1 aliphatic heterocycles. The van der Waals surface area contributed by atoms with E-state index in [0.717, 1.165) is 18.8 Å². The van der Waals surface area contributed by atoms with Crippen molar-refractivity contribution in [3.05, 3.63) is 24.0 Å². The van der Waals surface area contributed by atoms with Gasteiger partial charge in [0, 0.05) is 6.20 Å². The first-order valence-corrected chi connectivity index (χ1v) is 5.10. The second kappa shape index (κ2) is 4.42. The Hall–Kier alpha value is -1.09. The molecule has 0 aliphatic carbocycles. The summed E-state index contributed by atoms with van der Waals surface area (Å²) in [6.07, 6.45) is 6.12. The molecule has 0 aromatic carbocycles. The summed E-state index contributed by atoms with van der Waals surface area (Å²) in [6, 6.07) is 2.10. The van der Waals surface area contributed by atoms with Gasteiger partial charge >= 0.3 is 0 Å². The van der Waals surface area contributed by atoms with Crippen molar-refractivity contribution < 1.29 is 4.74 Å². The fourth-order valence-electron chi connectivity index (χ4n) is 1.93. The number of piperidine rings is 1. The number of pyridine rings is 1. The molecule has 0 bridgehead atoms. The minimum atomic E-state index is 0.652. The van der Waals surface area contributed by atoms with Gasteiger partial charge in [0.15, 0.2) is 0 Å². The van der Waals surface area contributed by atoms with Crippen molar-refractivity contribution >= 4 is 0 Å². The molecular formula is C11H16N2O. The Bertz CT molecular complexity index is 295. The van der Waals surface area contributed by atoms with E-state index >= 15 is 0 Å². The van der Waals surface area contributed by atoms with Gasteiger partial charge in [0.2, 0.25) is 0 Å². The highest BCUT2D eigenvalue weighted by atomic mass is 16.5. The lowest BCUT2D eigenvalue weighted by molar-refractivity contribution is 0.409. The topological polar surface area (TPSA) is 34.1 Å². The summed E-state index contributed by atoms with van der Waals surface area (Å²) in [6.45, 7) is 2.23. The van der Waals surface area contributed by atoms with Gasteiger partial charge in [-0.2, -0.15) is 0 Å². The van der Waals surface area contributed by atoms with Gasteiger partial charge < -0.3 is 10.1 Å². The molecule has 14 heavy (non-hydrogen) atoms. The van der Waals surface area contributed by atoms with E-state index in [9.17, 15) is 0 Å². The van der Waals surface area contributed by atoms with E-state index in [1.807, 2.05) is 6.20 Å². The number of aromatic nitrogens is 1. The van der Waals surface area contributed by atoms with Crippen LogP contribution in [0.4, 0.5) is 0 Å². The Balaban J connectivity index is 2.13. The van der Waals surface area contributed by atoms with Crippen LogP contribution in [0.2, 0.25) is 0 Å². The molecule has 0 atom stereocenters. The monoisotopic (exact) mass is 192 g/mol. The zero-order valence-electron chi connectivity index (χ0n) is 8.49. The average Bonchev–Trinajstić information content (AvgIpc) is 2.30. The molecule has 0 radical (unpaired) electrons. The maximum absolute atomic E-state index is 5.17. The second-order valence-electron chi connectivity index (χ2n) is 3.68. The van der Waals surface area contributed by atoms with E-state index in [2.05, 4.69) is 16.4 Å². The summed E-state index contributed by atoms with van der Waals surface area (Å²) in [5, 5.41) is 3.36. The van der Waals surface area contributed by atoms with E-state index in [4.69, 9.17) is 4.74 Å². The van der Waals surface area contributed by atoms with Crippen molar-refractivity contribution in [2.24, 2.45) is 0 Å². The molecule has 3 heteroatoms. The molecule has 1 N–H and O–H groups in total. The lowest BCUT2D eigenvalue weighted by Gasteiger charge is -2.22. The van der Waals surface area contributed by atoms with E-state index in [1.54, 1.807) is 13.3 Å². The van der Waals surface area contributed by atoms with Crippen molar-refractivity contribution in [2.75, 3.05) is 20.2 Å². The first-order chi connectivity index (χ1) is 6.90. The SMILES string of the molecule is COc1cncc(C2CCNCC2)c1. The van der Waals surface area contributed by atoms with Gasteiger partial charge in [-0.05, 0) is 43.5 Å². The van der Waals surface area contributed by atoms with Crippen LogP contribution < -0.4 is 10.1 Å². The minimum absolute atomic E-state index is 0.652. The molecule has 1 aromatic rings. The minimum Gasteiger partial charge on any atom is -0.495 e. The van der Waals surface area contributed by atoms with Crippen LogP contribution in [-0.4, -0.2) is 25.2 Å². The van der Waals surface area contributed by atoms with Gasteiger partial charge in [-0.3, -0.25) is 4.98 Å². The van der Waals surface area contributed by atoms with Gasteiger partial charge in [-0.1, -0.05) is 0 Å². The fraction of sp³-hybridized carbons (Fsp3) is 0.545. The Morgan fingerprint density at radius 1 is 1.36 bits per heavy atom. The molecule has 2 heterocycles. The number of hydrogen-bond donors (Lipinski definition) is 1. The summed E-state index contributed by atoms with van der Waals surface area (Å²) in [5.41, 5.74) is 1.31. The molecule has 2 rings (SSSR count). The Morgan fingerprint density at radius 2 is 2.14 bits per heavy atom. The number of hydrogen-bond acceptors (Lipinski definition) is 3. The molecule has 1 aliphatic rings. The van der Waals surface area contributed by atoms with E-state index in [0.29, 0.717) is 5.92 Å². The van der Waals surface area contributed by atoms with Crippen molar-refractivity contribution in [1.82, 2.24) is 10.3 Å². The van der Waals surface area contributed by atoms with Crippen molar-refractivity contribution in [3.63, 3.8) is 0 Å². The predicted molar refractivity (Wildman–Crippen MR) is 55.6 cm³/mol. The van der Waals surface area contributed by atoms with Gasteiger partial charge in [0.05, 0.1) is 13.3 Å². The molecule has 76 valence electrons. The number of methoxy groups -OCH3 is 1. The molecule has 0 amide bonds. The Labute approximate surface area is 84.5 Å². The number of ether oxygens (including phenoxy) is 1. The molecule has 3 nitrogen and oxygen atoms in total. The zero-order chi connectivity index (χ0) is 9.80. The molecule has 1 fully saturated rings. The first kappa shape index (κ1) is 9.46. The third-order valence-corrected chi connectivity index (χ3v) is 2.78. The van der Waals surface area contributed by atoms with Crippen LogP contribution in [-0.2, 0) is 0 Å². The Kier molecular flexibility index (Phi) is 2.99. The van der Waals surface area contributed by atoms with Crippen LogP contribution in [0.5, 0.6) is 5.75 Å². The predicted octanol–water partition coefficient (Wildman–Crippen LogP) is 1.56. The fourth-order valence-corrected chi connectivity index (χ4v) is 1.93. The average molecular weight is 192 g/mol. The molecule has 0 spiro atoms. The highest BCUT2D eigenvalue weighted by Crippen LogP contribution is 2.26. The van der Waals surface area contributed by atoms with Crippen LogP contribution in [0.1, 0.15) is 24.3 Å². The highest BCUT2D eigenvalue weighted by molar-refractivity contribution is 5.26. The molecular weight excluding hydrogens is 176 g/mol. The first-order valence-electron chi connectivity index (χ1n) is 5.10.